The van der Waals surface area contributed by atoms with E-state index in [2.05, 4.69) is 10.2 Å². The first kappa shape index (κ1) is 18.2. The van der Waals surface area contributed by atoms with Crippen LogP contribution in [0.25, 0.3) is 0 Å². The summed E-state index contributed by atoms with van der Waals surface area (Å²) in [6, 6.07) is 6.39. The molecule has 2 heterocycles. The standard InChI is InChI=1S/C17H24FN3O.ClH/c1-20(12-13-5-4-9-19-11-13)16-8-10-21(17(16)22)15-7-3-2-6-14(15)18;/h2-3,6-7,13,16,19H,4-5,8-12H2,1H3;1H. The van der Waals surface area contributed by atoms with Crippen molar-refractivity contribution in [1.82, 2.24) is 10.2 Å². The Labute approximate surface area is 143 Å². The molecular weight excluding hydrogens is 317 g/mol. The molecule has 1 aromatic carbocycles. The lowest BCUT2D eigenvalue weighted by atomic mass is 9.98. The van der Waals surface area contributed by atoms with Crippen LogP contribution in [0.4, 0.5) is 10.1 Å². The highest BCUT2D eigenvalue weighted by atomic mass is 35.5. The van der Waals surface area contributed by atoms with Gasteiger partial charge in [0.05, 0.1) is 11.7 Å². The summed E-state index contributed by atoms with van der Waals surface area (Å²) in [5.74, 6) is 0.307. The maximum absolute atomic E-state index is 13.9. The van der Waals surface area contributed by atoms with Gasteiger partial charge in [0.2, 0.25) is 5.91 Å². The zero-order valence-corrected chi connectivity index (χ0v) is 14.3. The summed E-state index contributed by atoms with van der Waals surface area (Å²) in [5, 5.41) is 3.41. The first-order chi connectivity index (χ1) is 10.7. The number of nitrogens with one attached hydrogen (secondary N) is 1. The van der Waals surface area contributed by atoms with Gasteiger partial charge in [0.25, 0.3) is 0 Å². The van der Waals surface area contributed by atoms with Crippen molar-refractivity contribution >= 4 is 24.0 Å². The lowest BCUT2D eigenvalue weighted by Crippen LogP contribution is -2.44. The van der Waals surface area contributed by atoms with Crippen molar-refractivity contribution in [3.63, 3.8) is 0 Å². The average Bonchev–Trinajstić information content (AvgIpc) is 2.90. The quantitative estimate of drug-likeness (QED) is 0.912. The first-order valence-corrected chi connectivity index (χ1v) is 8.13. The molecule has 0 aromatic heterocycles. The Morgan fingerprint density at radius 1 is 1.35 bits per heavy atom. The molecule has 2 aliphatic rings. The van der Waals surface area contributed by atoms with Crippen LogP contribution in [0.15, 0.2) is 24.3 Å². The van der Waals surface area contributed by atoms with Crippen LogP contribution in [0.1, 0.15) is 19.3 Å². The number of piperidine rings is 1. The third-order valence-electron chi connectivity index (χ3n) is 4.80. The zero-order chi connectivity index (χ0) is 15.5. The number of carbonyl (C=O) groups excluding carboxylic acids is 1. The number of hydrogen-bond acceptors (Lipinski definition) is 3. The molecule has 1 aromatic rings. The molecule has 23 heavy (non-hydrogen) atoms. The van der Waals surface area contributed by atoms with Gasteiger partial charge >= 0.3 is 0 Å². The molecule has 3 rings (SSSR count). The monoisotopic (exact) mass is 341 g/mol. The largest absolute Gasteiger partial charge is 0.316 e. The highest BCUT2D eigenvalue weighted by molar-refractivity contribution is 5.99. The highest BCUT2D eigenvalue weighted by Crippen LogP contribution is 2.26. The molecule has 0 saturated carbocycles. The van der Waals surface area contributed by atoms with Crippen molar-refractivity contribution in [2.45, 2.75) is 25.3 Å². The molecule has 1 amide bonds. The highest BCUT2D eigenvalue weighted by Gasteiger charge is 2.36. The molecular formula is C17H25ClFN3O. The predicted molar refractivity (Wildman–Crippen MR) is 92.6 cm³/mol. The van der Waals surface area contributed by atoms with Gasteiger partial charge in [-0.05, 0) is 57.5 Å². The molecule has 4 nitrogen and oxygen atoms in total. The van der Waals surface area contributed by atoms with Crippen LogP contribution in [0.2, 0.25) is 0 Å². The van der Waals surface area contributed by atoms with Crippen LogP contribution in [-0.4, -0.2) is 50.1 Å². The van der Waals surface area contributed by atoms with Crippen molar-refractivity contribution in [1.29, 1.82) is 0 Å². The minimum atomic E-state index is -0.323. The number of rotatable bonds is 4. The van der Waals surface area contributed by atoms with Gasteiger partial charge in [-0.25, -0.2) is 4.39 Å². The summed E-state index contributed by atoms with van der Waals surface area (Å²) in [5.41, 5.74) is 0.405. The summed E-state index contributed by atoms with van der Waals surface area (Å²) < 4.78 is 13.9. The minimum Gasteiger partial charge on any atom is -0.316 e. The van der Waals surface area contributed by atoms with Crippen LogP contribution in [-0.2, 0) is 4.79 Å². The third-order valence-corrected chi connectivity index (χ3v) is 4.80. The van der Waals surface area contributed by atoms with E-state index >= 15 is 0 Å². The molecule has 2 fully saturated rings. The number of halogens is 2. The van der Waals surface area contributed by atoms with E-state index in [0.717, 1.165) is 26.1 Å². The third kappa shape index (κ3) is 4.03. The van der Waals surface area contributed by atoms with E-state index in [1.54, 1.807) is 23.1 Å². The van der Waals surface area contributed by atoms with Crippen molar-refractivity contribution in [2.75, 3.05) is 38.1 Å². The van der Waals surface area contributed by atoms with Gasteiger partial charge in [0, 0.05) is 13.1 Å². The van der Waals surface area contributed by atoms with Crippen LogP contribution in [0.3, 0.4) is 0 Å². The molecule has 6 heteroatoms. The second-order valence-electron chi connectivity index (χ2n) is 6.40. The number of anilines is 1. The summed E-state index contributed by atoms with van der Waals surface area (Å²) in [6.07, 6.45) is 3.19. The summed E-state index contributed by atoms with van der Waals surface area (Å²) in [4.78, 5) is 16.4. The fourth-order valence-corrected chi connectivity index (χ4v) is 3.60. The molecule has 0 radical (unpaired) electrons. The average molecular weight is 342 g/mol. The Balaban J connectivity index is 0.00000192. The number of likely N-dealkylation sites (N-methyl/N-ethyl adjacent to an activating group) is 1. The molecule has 2 atom stereocenters. The maximum atomic E-state index is 13.9. The molecule has 128 valence electrons. The Morgan fingerprint density at radius 2 is 2.13 bits per heavy atom. The van der Waals surface area contributed by atoms with Gasteiger partial charge in [-0.2, -0.15) is 0 Å². The summed E-state index contributed by atoms with van der Waals surface area (Å²) in [7, 11) is 2.02. The van der Waals surface area contributed by atoms with E-state index in [1.807, 2.05) is 7.05 Å². The number of para-hydroxylation sites is 1. The molecule has 1 N–H and O–H groups in total. The van der Waals surface area contributed by atoms with Crippen molar-refractivity contribution in [2.24, 2.45) is 5.92 Å². The zero-order valence-electron chi connectivity index (χ0n) is 13.5. The van der Waals surface area contributed by atoms with Gasteiger partial charge in [0.1, 0.15) is 5.82 Å². The van der Waals surface area contributed by atoms with Gasteiger partial charge in [-0.3, -0.25) is 9.69 Å². The van der Waals surface area contributed by atoms with Crippen molar-refractivity contribution in [3.8, 4) is 0 Å². The smallest absolute Gasteiger partial charge is 0.244 e. The fraction of sp³-hybridized carbons (Fsp3) is 0.588. The number of amides is 1. The van der Waals surface area contributed by atoms with Crippen molar-refractivity contribution < 1.29 is 9.18 Å². The minimum absolute atomic E-state index is 0. The number of carbonyl (C=O) groups is 1. The second-order valence-corrected chi connectivity index (χ2v) is 6.40. The fourth-order valence-electron chi connectivity index (χ4n) is 3.60. The number of hydrogen-bond donors (Lipinski definition) is 1. The van der Waals surface area contributed by atoms with E-state index < -0.39 is 0 Å². The molecule has 0 aliphatic carbocycles. The van der Waals surface area contributed by atoms with Gasteiger partial charge < -0.3 is 10.2 Å². The van der Waals surface area contributed by atoms with E-state index in [1.165, 1.54) is 18.9 Å². The Kier molecular flexibility index (Phi) is 6.39. The maximum Gasteiger partial charge on any atom is 0.244 e. The lowest BCUT2D eigenvalue weighted by Gasteiger charge is -2.30. The predicted octanol–water partition coefficient (Wildman–Crippen LogP) is 2.28. The normalized spacial score (nSPS) is 24.8. The van der Waals surface area contributed by atoms with Crippen molar-refractivity contribution in [3.05, 3.63) is 30.1 Å². The number of nitrogens with zero attached hydrogens (tertiary/aromatic N) is 2. The van der Waals surface area contributed by atoms with Gasteiger partial charge in [-0.15, -0.1) is 12.4 Å². The van der Waals surface area contributed by atoms with E-state index in [-0.39, 0.29) is 30.2 Å². The summed E-state index contributed by atoms with van der Waals surface area (Å²) >= 11 is 0. The van der Waals surface area contributed by atoms with Crippen LogP contribution < -0.4 is 10.2 Å². The van der Waals surface area contributed by atoms with Crippen LogP contribution in [0.5, 0.6) is 0 Å². The van der Waals surface area contributed by atoms with E-state index in [9.17, 15) is 9.18 Å². The second kappa shape index (κ2) is 8.08. The molecule has 2 unspecified atom stereocenters. The number of benzene rings is 1. The SMILES string of the molecule is CN(CC1CCCNC1)C1CCN(c2ccccc2F)C1=O.Cl. The Bertz CT molecular complexity index is 536. The first-order valence-electron chi connectivity index (χ1n) is 8.13. The van der Waals surface area contributed by atoms with Gasteiger partial charge in [0.15, 0.2) is 0 Å². The Hall–Kier alpha value is -1.17. The summed E-state index contributed by atoms with van der Waals surface area (Å²) in [6.45, 7) is 3.65. The lowest BCUT2D eigenvalue weighted by molar-refractivity contribution is -0.121. The molecule has 2 saturated heterocycles. The Morgan fingerprint density at radius 3 is 2.83 bits per heavy atom. The van der Waals surface area contributed by atoms with Gasteiger partial charge in [-0.1, -0.05) is 12.1 Å². The van der Waals surface area contributed by atoms with E-state index in [4.69, 9.17) is 0 Å². The topological polar surface area (TPSA) is 35.6 Å². The van der Waals surface area contributed by atoms with E-state index in [0.29, 0.717) is 18.2 Å². The molecule has 0 bridgehead atoms. The molecule has 2 aliphatic heterocycles. The van der Waals surface area contributed by atoms with Crippen LogP contribution >= 0.6 is 12.4 Å². The molecule has 0 spiro atoms. The van der Waals surface area contributed by atoms with Crippen LogP contribution in [0, 0.1) is 11.7 Å².